The van der Waals surface area contributed by atoms with Crippen LogP contribution in [0.2, 0.25) is 0 Å². The van der Waals surface area contributed by atoms with E-state index in [9.17, 15) is 8.42 Å². The molecule has 0 radical (unpaired) electrons. The van der Waals surface area contributed by atoms with Crippen LogP contribution >= 0.6 is 0 Å². The van der Waals surface area contributed by atoms with Gasteiger partial charge in [0.25, 0.3) is 0 Å². The summed E-state index contributed by atoms with van der Waals surface area (Å²) < 4.78 is 45.9. The molecule has 7 nitrogen and oxygen atoms in total. The van der Waals surface area contributed by atoms with Crippen LogP contribution in [0, 0.1) is 5.82 Å². The lowest BCUT2D eigenvalue weighted by Gasteiger charge is -2.40. The Hall–Kier alpha value is -2.78. The van der Waals surface area contributed by atoms with Crippen LogP contribution in [-0.4, -0.2) is 46.1 Å². The second-order valence-corrected chi connectivity index (χ2v) is 11.9. The Morgan fingerprint density at radius 1 is 0.971 bits per heavy atom. The zero-order valence-corrected chi connectivity index (χ0v) is 21.0. The van der Waals surface area contributed by atoms with Gasteiger partial charge < -0.3 is 9.47 Å². The van der Waals surface area contributed by atoms with E-state index in [-0.39, 0.29) is 24.4 Å². The first-order chi connectivity index (χ1) is 16.8. The number of halogens is 1. The molecule has 0 N–H and O–H groups in total. The van der Waals surface area contributed by atoms with Crippen molar-refractivity contribution in [2.75, 3.05) is 11.4 Å². The number of rotatable bonds is 5. The summed E-state index contributed by atoms with van der Waals surface area (Å²) in [5.41, 5.74) is 2.03. The van der Waals surface area contributed by atoms with Gasteiger partial charge in [0.1, 0.15) is 23.7 Å². The first-order valence-electron chi connectivity index (χ1n) is 12.3. The van der Waals surface area contributed by atoms with E-state index in [1.54, 1.807) is 24.8 Å². The third-order valence-corrected chi connectivity index (χ3v) is 9.97. The molecule has 1 aromatic heterocycles. The summed E-state index contributed by atoms with van der Waals surface area (Å²) >= 11 is 0. The van der Waals surface area contributed by atoms with Crippen LogP contribution in [0.1, 0.15) is 61.9 Å². The highest BCUT2D eigenvalue weighted by Gasteiger charge is 2.40. The van der Waals surface area contributed by atoms with Gasteiger partial charge in [-0.1, -0.05) is 36.4 Å². The number of benzene rings is 2. The Morgan fingerprint density at radius 3 is 2.40 bits per heavy atom. The van der Waals surface area contributed by atoms with Gasteiger partial charge in [-0.15, -0.1) is 10.2 Å². The van der Waals surface area contributed by atoms with Crippen LogP contribution in [-0.2, 0) is 16.6 Å². The topological polar surface area (TPSA) is 71.3 Å². The highest BCUT2D eigenvalue weighted by Crippen LogP contribution is 2.38. The lowest BCUT2D eigenvalue weighted by Crippen LogP contribution is -2.45. The summed E-state index contributed by atoms with van der Waals surface area (Å²) in [6.45, 7) is 4.91. The number of sulfonamides is 1. The molecule has 3 heterocycles. The van der Waals surface area contributed by atoms with Crippen molar-refractivity contribution in [3.8, 4) is 0 Å². The van der Waals surface area contributed by atoms with Crippen molar-refractivity contribution in [2.45, 2.75) is 69.5 Å². The normalized spacial score (nSPS) is 27.1. The minimum Gasteiger partial charge on any atom is -0.369 e. The maximum atomic E-state index is 15.3. The van der Waals surface area contributed by atoms with E-state index < -0.39 is 15.3 Å². The monoisotopic (exact) mass is 497 g/mol. The summed E-state index contributed by atoms with van der Waals surface area (Å²) in [6.07, 6.45) is 6.67. The summed E-state index contributed by atoms with van der Waals surface area (Å²) in [7, 11) is -3.60. The average Bonchev–Trinajstić information content (AvgIpc) is 3.38. The van der Waals surface area contributed by atoms with Crippen molar-refractivity contribution in [3.63, 3.8) is 0 Å². The molecule has 2 aromatic carbocycles. The number of aromatic nitrogens is 3. The lowest BCUT2D eigenvalue weighted by molar-refractivity contribution is 0.279. The molecule has 35 heavy (non-hydrogen) atoms. The lowest BCUT2D eigenvalue weighted by atomic mass is 9.97. The van der Waals surface area contributed by atoms with Crippen molar-refractivity contribution >= 4 is 15.7 Å². The van der Waals surface area contributed by atoms with Crippen molar-refractivity contribution in [1.29, 1.82) is 0 Å². The first-order valence-corrected chi connectivity index (χ1v) is 13.8. The summed E-state index contributed by atoms with van der Waals surface area (Å²) in [5, 5.41) is 7.23. The van der Waals surface area contributed by atoms with E-state index in [0.717, 1.165) is 37.1 Å². The zero-order chi connectivity index (χ0) is 24.6. The third-order valence-electron chi connectivity index (χ3n) is 7.60. The van der Waals surface area contributed by atoms with E-state index in [1.165, 1.54) is 4.31 Å². The third kappa shape index (κ3) is 4.71. The molecule has 2 aliphatic heterocycles. The van der Waals surface area contributed by atoms with Gasteiger partial charge in [-0.2, -0.15) is 4.31 Å². The second-order valence-electron chi connectivity index (χ2n) is 9.82. The molecule has 4 unspecified atom stereocenters. The molecule has 0 bridgehead atoms. The zero-order valence-electron chi connectivity index (χ0n) is 20.2. The van der Waals surface area contributed by atoms with Crippen LogP contribution in [0.4, 0.5) is 10.1 Å². The number of piperidine rings is 1. The Balaban J connectivity index is 1.32. The predicted octanol–water partition coefficient (Wildman–Crippen LogP) is 4.70. The first kappa shape index (κ1) is 23.9. The Bertz CT molecular complexity index is 1250. The highest BCUT2D eigenvalue weighted by molar-refractivity contribution is 7.89. The minimum absolute atomic E-state index is 0.0458. The van der Waals surface area contributed by atoms with E-state index in [4.69, 9.17) is 0 Å². The fraction of sp³-hybridized carbons (Fsp3) is 0.462. The SMILES string of the molecule is CC1CC(n2cnnc2)CCN1c1ccc(CN2C(C)CCC(c3ccccc3)S2(=O)=O)c(F)c1. The maximum Gasteiger partial charge on any atom is 0.221 e. The van der Waals surface area contributed by atoms with Crippen LogP contribution in [0.3, 0.4) is 0 Å². The molecular formula is C26H32FN5O2S. The summed E-state index contributed by atoms with van der Waals surface area (Å²) in [5.74, 6) is -0.361. The van der Waals surface area contributed by atoms with Gasteiger partial charge in [-0.3, -0.25) is 0 Å². The predicted molar refractivity (Wildman–Crippen MR) is 134 cm³/mol. The Kier molecular flexibility index (Phi) is 6.63. The number of hydrogen-bond acceptors (Lipinski definition) is 5. The standard InChI is InChI=1S/C26H32FN5O2S/c1-19-8-11-26(21-6-4-3-5-7-21)35(33,34)32(19)16-22-9-10-24(15-25(22)27)31-13-12-23(14-20(31)2)30-17-28-29-18-30/h3-7,9-10,15,17-20,23,26H,8,11-14,16H2,1-2H3. The Morgan fingerprint density at radius 2 is 1.71 bits per heavy atom. The highest BCUT2D eigenvalue weighted by atomic mass is 32.2. The minimum atomic E-state index is -3.60. The van der Waals surface area contributed by atoms with Gasteiger partial charge >= 0.3 is 0 Å². The van der Waals surface area contributed by atoms with Gasteiger partial charge in [-0.05, 0) is 57.2 Å². The number of anilines is 1. The average molecular weight is 498 g/mol. The van der Waals surface area contributed by atoms with E-state index >= 15 is 4.39 Å². The van der Waals surface area contributed by atoms with Gasteiger partial charge in [0.15, 0.2) is 0 Å². The summed E-state index contributed by atoms with van der Waals surface area (Å²) in [4.78, 5) is 2.22. The van der Waals surface area contributed by atoms with Crippen molar-refractivity contribution in [3.05, 3.63) is 78.1 Å². The molecule has 4 atom stereocenters. The van der Waals surface area contributed by atoms with E-state index in [1.807, 2.05) is 47.9 Å². The van der Waals surface area contributed by atoms with Gasteiger partial charge in [0, 0.05) is 42.5 Å². The quantitative estimate of drug-likeness (QED) is 0.511. The van der Waals surface area contributed by atoms with Gasteiger partial charge in [0.2, 0.25) is 10.0 Å². The molecule has 2 saturated heterocycles. The second kappa shape index (κ2) is 9.70. The molecule has 2 fully saturated rings. The molecule has 0 spiro atoms. The fourth-order valence-corrected chi connectivity index (χ4v) is 7.75. The van der Waals surface area contributed by atoms with Crippen LogP contribution < -0.4 is 4.90 Å². The molecule has 3 aromatic rings. The molecule has 0 amide bonds. The van der Waals surface area contributed by atoms with Crippen LogP contribution in [0.25, 0.3) is 0 Å². The van der Waals surface area contributed by atoms with Crippen molar-refractivity contribution in [1.82, 2.24) is 19.1 Å². The van der Waals surface area contributed by atoms with Gasteiger partial charge in [-0.25, -0.2) is 12.8 Å². The Labute approximate surface area is 206 Å². The summed E-state index contributed by atoms with van der Waals surface area (Å²) in [6, 6.07) is 15.0. The molecule has 5 rings (SSSR count). The van der Waals surface area contributed by atoms with Crippen LogP contribution in [0.5, 0.6) is 0 Å². The maximum absolute atomic E-state index is 15.3. The van der Waals surface area contributed by atoms with Gasteiger partial charge in [0.05, 0.1) is 0 Å². The largest absolute Gasteiger partial charge is 0.369 e. The molecule has 9 heteroatoms. The molecule has 0 aliphatic carbocycles. The van der Waals surface area contributed by atoms with E-state index in [2.05, 4.69) is 22.0 Å². The van der Waals surface area contributed by atoms with Crippen LogP contribution in [0.15, 0.2) is 61.2 Å². The molecular weight excluding hydrogens is 465 g/mol. The van der Waals surface area contributed by atoms with E-state index in [0.29, 0.717) is 18.0 Å². The number of nitrogens with zero attached hydrogens (tertiary/aromatic N) is 5. The molecule has 2 aliphatic rings. The smallest absolute Gasteiger partial charge is 0.221 e. The van der Waals surface area contributed by atoms with Crippen molar-refractivity contribution < 1.29 is 12.8 Å². The molecule has 186 valence electrons. The number of hydrogen-bond donors (Lipinski definition) is 0. The van der Waals surface area contributed by atoms with Crippen molar-refractivity contribution in [2.24, 2.45) is 0 Å². The molecule has 0 saturated carbocycles. The fourth-order valence-electron chi connectivity index (χ4n) is 5.56.